The number of unbranched alkanes of at least 4 members (excludes halogenated alkanes) is 1. The third kappa shape index (κ3) is 7.06. The predicted octanol–water partition coefficient (Wildman–Crippen LogP) is 1.72. The Morgan fingerprint density at radius 2 is 1.75 bits per heavy atom. The van der Waals surface area contributed by atoms with Crippen LogP contribution >= 0.6 is 11.6 Å². The van der Waals surface area contributed by atoms with Crippen LogP contribution in [0.3, 0.4) is 0 Å². The molecular weight excluding hydrogens is 386 g/mol. The second-order valence-electron chi connectivity index (χ2n) is 6.72. The smallest absolute Gasteiger partial charge is 0.294 e. The normalized spacial score (nSPS) is 15.2. The summed E-state index contributed by atoms with van der Waals surface area (Å²) in [5.74, 6) is -0.300. The van der Waals surface area contributed by atoms with Crippen molar-refractivity contribution in [1.82, 2.24) is 15.1 Å². The summed E-state index contributed by atoms with van der Waals surface area (Å²) >= 11 is 5.78. The van der Waals surface area contributed by atoms with E-state index in [-0.39, 0.29) is 34.8 Å². The van der Waals surface area contributed by atoms with Gasteiger partial charge in [-0.15, -0.1) is 0 Å². The van der Waals surface area contributed by atoms with Gasteiger partial charge in [-0.25, -0.2) is 0 Å². The Kier molecular flexibility index (Phi) is 8.62. The molecule has 1 aromatic carbocycles. The number of piperazine rings is 1. The van der Waals surface area contributed by atoms with Crippen molar-refractivity contribution in [2.24, 2.45) is 0 Å². The first kappa shape index (κ1) is 22.1. The van der Waals surface area contributed by atoms with E-state index in [1.54, 1.807) is 0 Å². The zero-order valence-electron chi connectivity index (χ0n) is 15.9. The molecule has 154 valence electrons. The summed E-state index contributed by atoms with van der Waals surface area (Å²) in [6.45, 7) is 5.96. The molecule has 1 heterocycles. The molecule has 0 atom stereocenters. The fourth-order valence-electron chi connectivity index (χ4n) is 2.92. The summed E-state index contributed by atoms with van der Waals surface area (Å²) in [5, 5.41) is 16.8. The van der Waals surface area contributed by atoms with Crippen molar-refractivity contribution in [2.75, 3.05) is 51.1 Å². The van der Waals surface area contributed by atoms with Crippen molar-refractivity contribution in [3.63, 3.8) is 0 Å². The molecule has 1 aromatic rings. The molecule has 28 heavy (non-hydrogen) atoms. The number of nitro benzene ring substituents is 1. The fraction of sp³-hybridized carbons (Fsp3) is 0.556. The highest BCUT2D eigenvalue weighted by atomic mass is 35.5. The topological polar surface area (TPSA) is 108 Å². The Hall–Kier alpha value is -2.23. The molecular formula is C18H26ClN5O4. The molecule has 0 spiro atoms. The van der Waals surface area contributed by atoms with Crippen molar-refractivity contribution >= 4 is 34.8 Å². The van der Waals surface area contributed by atoms with Crippen LogP contribution in [-0.4, -0.2) is 72.4 Å². The van der Waals surface area contributed by atoms with Crippen LogP contribution in [0.15, 0.2) is 18.2 Å². The van der Waals surface area contributed by atoms with Crippen molar-refractivity contribution in [3.8, 4) is 0 Å². The fourth-order valence-corrected chi connectivity index (χ4v) is 3.09. The number of carbonyl (C=O) groups is 2. The lowest BCUT2D eigenvalue weighted by atomic mass is 10.2. The maximum Gasteiger partial charge on any atom is 0.294 e. The SMILES string of the molecule is CCCCNC(=O)CN1CCN(CC(=O)Nc2ccc(Cl)cc2[N+](=O)[O-])CC1. The molecule has 10 heteroatoms. The maximum atomic E-state index is 12.3. The van der Waals surface area contributed by atoms with Crippen LogP contribution in [0.2, 0.25) is 5.02 Å². The average molecular weight is 412 g/mol. The van der Waals surface area contributed by atoms with Crippen LogP contribution in [0.5, 0.6) is 0 Å². The molecule has 1 saturated heterocycles. The molecule has 0 aromatic heterocycles. The van der Waals surface area contributed by atoms with Gasteiger partial charge in [0.25, 0.3) is 5.69 Å². The highest BCUT2D eigenvalue weighted by Gasteiger charge is 2.22. The van der Waals surface area contributed by atoms with Crippen LogP contribution in [0, 0.1) is 10.1 Å². The van der Waals surface area contributed by atoms with E-state index in [0.717, 1.165) is 12.8 Å². The van der Waals surface area contributed by atoms with Crippen molar-refractivity contribution in [3.05, 3.63) is 33.3 Å². The molecule has 0 saturated carbocycles. The zero-order valence-corrected chi connectivity index (χ0v) is 16.7. The minimum absolute atomic E-state index is 0.0229. The number of nitro groups is 1. The monoisotopic (exact) mass is 411 g/mol. The van der Waals surface area contributed by atoms with Crippen LogP contribution in [0.25, 0.3) is 0 Å². The lowest BCUT2D eigenvalue weighted by Crippen LogP contribution is -2.51. The minimum Gasteiger partial charge on any atom is -0.355 e. The first-order valence-corrected chi connectivity index (χ1v) is 9.72. The second-order valence-corrected chi connectivity index (χ2v) is 7.16. The molecule has 2 N–H and O–H groups in total. The van der Waals surface area contributed by atoms with Gasteiger partial charge in [0.15, 0.2) is 0 Å². The van der Waals surface area contributed by atoms with Crippen LogP contribution in [0.1, 0.15) is 19.8 Å². The summed E-state index contributed by atoms with van der Waals surface area (Å²) in [4.78, 5) is 38.7. The van der Waals surface area contributed by atoms with Gasteiger partial charge in [0, 0.05) is 43.8 Å². The van der Waals surface area contributed by atoms with Gasteiger partial charge in [-0.05, 0) is 18.6 Å². The van der Waals surface area contributed by atoms with E-state index in [9.17, 15) is 19.7 Å². The van der Waals surface area contributed by atoms with Crippen molar-refractivity contribution in [1.29, 1.82) is 0 Å². The molecule has 0 bridgehead atoms. The third-order valence-corrected chi connectivity index (χ3v) is 4.72. The van der Waals surface area contributed by atoms with Gasteiger partial charge >= 0.3 is 0 Å². The molecule has 1 aliphatic rings. The number of nitrogens with zero attached hydrogens (tertiary/aromatic N) is 3. The standard InChI is InChI=1S/C18H26ClN5O4/c1-2-3-6-20-17(25)12-22-7-9-23(10-8-22)13-18(26)21-15-5-4-14(19)11-16(15)24(27)28/h4-5,11H,2-3,6-10,12-13H2,1H3,(H,20,25)(H,21,26). The van der Waals surface area contributed by atoms with E-state index in [4.69, 9.17) is 11.6 Å². The number of halogens is 1. The lowest BCUT2D eigenvalue weighted by Gasteiger charge is -2.33. The van der Waals surface area contributed by atoms with Gasteiger partial charge in [0.1, 0.15) is 5.69 Å². The number of amides is 2. The highest BCUT2D eigenvalue weighted by molar-refractivity contribution is 6.31. The van der Waals surface area contributed by atoms with Gasteiger partial charge in [0.05, 0.1) is 18.0 Å². The van der Waals surface area contributed by atoms with E-state index in [1.165, 1.54) is 18.2 Å². The molecule has 0 radical (unpaired) electrons. The molecule has 0 aliphatic carbocycles. The van der Waals surface area contributed by atoms with Gasteiger partial charge in [-0.3, -0.25) is 29.5 Å². The largest absolute Gasteiger partial charge is 0.355 e. The molecule has 2 amide bonds. The number of benzene rings is 1. The first-order chi connectivity index (χ1) is 13.4. The zero-order chi connectivity index (χ0) is 20.5. The van der Waals surface area contributed by atoms with E-state index < -0.39 is 4.92 Å². The van der Waals surface area contributed by atoms with Crippen LogP contribution in [0.4, 0.5) is 11.4 Å². The highest BCUT2D eigenvalue weighted by Crippen LogP contribution is 2.27. The van der Waals surface area contributed by atoms with Crippen molar-refractivity contribution < 1.29 is 14.5 Å². The first-order valence-electron chi connectivity index (χ1n) is 9.34. The predicted molar refractivity (Wildman–Crippen MR) is 108 cm³/mol. The summed E-state index contributed by atoms with van der Waals surface area (Å²) in [5.41, 5.74) is -0.110. The van der Waals surface area contributed by atoms with Crippen molar-refractivity contribution in [2.45, 2.75) is 19.8 Å². The quantitative estimate of drug-likeness (QED) is 0.364. The lowest BCUT2D eigenvalue weighted by molar-refractivity contribution is -0.383. The Morgan fingerprint density at radius 1 is 1.14 bits per heavy atom. The van der Waals surface area contributed by atoms with E-state index in [2.05, 4.69) is 22.5 Å². The molecule has 1 fully saturated rings. The molecule has 1 aliphatic heterocycles. The third-order valence-electron chi connectivity index (χ3n) is 4.48. The van der Waals surface area contributed by atoms with Crippen LogP contribution in [-0.2, 0) is 9.59 Å². The van der Waals surface area contributed by atoms with Gasteiger partial charge in [0.2, 0.25) is 11.8 Å². The van der Waals surface area contributed by atoms with E-state index in [1.807, 2.05) is 4.90 Å². The molecule has 9 nitrogen and oxygen atoms in total. The maximum absolute atomic E-state index is 12.3. The molecule has 2 rings (SSSR count). The Morgan fingerprint density at radius 3 is 2.32 bits per heavy atom. The number of hydrogen-bond acceptors (Lipinski definition) is 6. The summed E-state index contributed by atoms with van der Waals surface area (Å²) in [6, 6.07) is 4.13. The number of rotatable bonds is 9. The Labute approximate surface area is 169 Å². The van der Waals surface area contributed by atoms with Gasteiger partial charge < -0.3 is 10.6 Å². The van der Waals surface area contributed by atoms with E-state index >= 15 is 0 Å². The average Bonchev–Trinajstić information content (AvgIpc) is 2.65. The summed E-state index contributed by atoms with van der Waals surface area (Å²) in [7, 11) is 0. The summed E-state index contributed by atoms with van der Waals surface area (Å²) in [6.07, 6.45) is 2.01. The number of nitrogens with one attached hydrogen (secondary N) is 2. The number of carbonyl (C=O) groups excluding carboxylic acids is 2. The van der Waals surface area contributed by atoms with Crippen LogP contribution < -0.4 is 10.6 Å². The van der Waals surface area contributed by atoms with Gasteiger partial charge in [-0.1, -0.05) is 24.9 Å². The van der Waals surface area contributed by atoms with Gasteiger partial charge in [-0.2, -0.15) is 0 Å². The number of anilines is 1. The summed E-state index contributed by atoms with van der Waals surface area (Å²) < 4.78 is 0. The van der Waals surface area contributed by atoms with E-state index in [0.29, 0.717) is 39.3 Å². The Bertz CT molecular complexity index is 707. The molecule has 0 unspecified atom stereocenters. The second kappa shape index (κ2) is 10.9. The Balaban J connectivity index is 1.76. The number of hydrogen-bond donors (Lipinski definition) is 2. The minimum atomic E-state index is -0.578.